The molecule has 3 heterocycles. The lowest BCUT2D eigenvalue weighted by molar-refractivity contribution is 0.0874. The Kier molecular flexibility index (Phi) is 5.66. The quantitative estimate of drug-likeness (QED) is 0.640. The van der Waals surface area contributed by atoms with Crippen molar-refractivity contribution in [2.24, 2.45) is 0 Å². The van der Waals surface area contributed by atoms with Crippen LogP contribution in [0.3, 0.4) is 0 Å². The summed E-state index contributed by atoms with van der Waals surface area (Å²) in [5.41, 5.74) is 2.23. The number of nitrogens with zero attached hydrogens (tertiary/aromatic N) is 2. The van der Waals surface area contributed by atoms with Gasteiger partial charge in [-0.05, 0) is 31.5 Å². The molecule has 1 atom stereocenters. The summed E-state index contributed by atoms with van der Waals surface area (Å²) < 4.78 is 40.2. The average Bonchev–Trinajstić information content (AvgIpc) is 3.14. The zero-order valence-electron chi connectivity index (χ0n) is 17.8. The summed E-state index contributed by atoms with van der Waals surface area (Å²) in [7, 11) is 1.62. The number of hydrogen-bond donors (Lipinski definition) is 1. The molecule has 3 aromatic rings. The van der Waals surface area contributed by atoms with E-state index in [1.165, 1.54) is 0 Å². The van der Waals surface area contributed by atoms with Crippen molar-refractivity contribution in [3.05, 3.63) is 64.6 Å². The van der Waals surface area contributed by atoms with Crippen LogP contribution < -0.4 is 10.1 Å². The maximum atomic E-state index is 13.9. The molecule has 1 aromatic carbocycles. The van der Waals surface area contributed by atoms with E-state index >= 15 is 0 Å². The number of benzene rings is 1. The van der Waals surface area contributed by atoms with Gasteiger partial charge in [-0.3, -0.25) is 4.79 Å². The second-order valence-electron chi connectivity index (χ2n) is 7.99. The summed E-state index contributed by atoms with van der Waals surface area (Å²) in [4.78, 5) is 18.0. The van der Waals surface area contributed by atoms with Crippen LogP contribution in [0.4, 0.5) is 8.78 Å². The molecule has 0 spiro atoms. The number of carbonyl (C=O) groups excluding carboxylic acids is 1. The Morgan fingerprint density at radius 1 is 1.32 bits per heavy atom. The van der Waals surface area contributed by atoms with E-state index in [4.69, 9.17) is 9.47 Å². The highest BCUT2D eigenvalue weighted by Crippen LogP contribution is 2.38. The van der Waals surface area contributed by atoms with E-state index in [1.54, 1.807) is 26.3 Å². The molecule has 4 rings (SSSR count). The fourth-order valence-electron chi connectivity index (χ4n) is 4.05. The van der Waals surface area contributed by atoms with Crippen molar-refractivity contribution in [2.45, 2.75) is 45.3 Å². The zero-order valence-corrected chi connectivity index (χ0v) is 17.8. The molecule has 1 unspecified atom stereocenters. The molecular formula is C23H25F2N3O3. The van der Waals surface area contributed by atoms with Crippen LogP contribution >= 0.6 is 0 Å². The van der Waals surface area contributed by atoms with Crippen LogP contribution in [0.2, 0.25) is 0 Å². The minimum atomic E-state index is -0.980. The Bertz CT molecular complexity index is 1140. The van der Waals surface area contributed by atoms with Crippen molar-refractivity contribution in [3.63, 3.8) is 0 Å². The number of aryl methyl sites for hydroxylation is 1. The van der Waals surface area contributed by atoms with Crippen molar-refractivity contribution in [1.29, 1.82) is 0 Å². The number of carbonyl (C=O) groups is 1. The molecule has 0 saturated carbocycles. The van der Waals surface area contributed by atoms with E-state index in [2.05, 4.69) is 17.2 Å². The Morgan fingerprint density at radius 2 is 2.10 bits per heavy atom. The molecule has 1 N–H and O–H groups in total. The van der Waals surface area contributed by atoms with Crippen LogP contribution in [0.25, 0.3) is 5.65 Å². The van der Waals surface area contributed by atoms with E-state index in [9.17, 15) is 13.6 Å². The molecule has 0 fully saturated rings. The molecule has 0 saturated heterocycles. The predicted molar refractivity (Wildman–Crippen MR) is 111 cm³/mol. The van der Waals surface area contributed by atoms with E-state index in [-0.39, 0.29) is 18.3 Å². The van der Waals surface area contributed by atoms with Gasteiger partial charge in [0, 0.05) is 37.1 Å². The minimum Gasteiger partial charge on any atom is -0.493 e. The molecule has 1 aliphatic rings. The van der Waals surface area contributed by atoms with Crippen LogP contribution in [-0.2, 0) is 23.3 Å². The molecule has 0 bridgehead atoms. The lowest BCUT2D eigenvalue weighted by atomic mass is 9.86. The van der Waals surface area contributed by atoms with E-state index in [0.29, 0.717) is 29.8 Å². The van der Waals surface area contributed by atoms with Crippen molar-refractivity contribution in [3.8, 4) is 5.75 Å². The highest BCUT2D eigenvalue weighted by atomic mass is 19.2. The third-order valence-corrected chi connectivity index (χ3v) is 5.66. The molecule has 1 amide bonds. The Labute approximate surface area is 179 Å². The van der Waals surface area contributed by atoms with Crippen LogP contribution in [0.5, 0.6) is 5.75 Å². The summed E-state index contributed by atoms with van der Waals surface area (Å²) in [6, 6.07) is 5.81. The number of rotatable bonds is 6. The normalized spacial score (nSPS) is 18.0. The van der Waals surface area contributed by atoms with Crippen LogP contribution in [0.15, 0.2) is 30.5 Å². The number of methoxy groups -OCH3 is 1. The third-order valence-electron chi connectivity index (χ3n) is 5.66. The lowest BCUT2D eigenvalue weighted by Crippen LogP contribution is -2.46. The van der Waals surface area contributed by atoms with Gasteiger partial charge in [-0.15, -0.1) is 0 Å². The summed E-state index contributed by atoms with van der Waals surface area (Å²) in [5, 5.41) is 3.00. The third kappa shape index (κ3) is 3.87. The van der Waals surface area contributed by atoms with Gasteiger partial charge in [0.2, 0.25) is 0 Å². The number of hydrogen-bond acceptors (Lipinski definition) is 4. The van der Waals surface area contributed by atoms with Crippen molar-refractivity contribution in [2.75, 3.05) is 13.7 Å². The zero-order chi connectivity index (χ0) is 22.2. The van der Waals surface area contributed by atoms with Gasteiger partial charge in [0.1, 0.15) is 11.4 Å². The molecular weight excluding hydrogens is 404 g/mol. The maximum Gasteiger partial charge on any atom is 0.255 e. The molecule has 6 nitrogen and oxygen atoms in total. The van der Waals surface area contributed by atoms with Crippen LogP contribution in [-0.4, -0.2) is 29.0 Å². The first-order chi connectivity index (χ1) is 14.9. The monoisotopic (exact) mass is 429 g/mol. The van der Waals surface area contributed by atoms with Gasteiger partial charge in [-0.1, -0.05) is 13.3 Å². The minimum absolute atomic E-state index is 0.237. The number of aromatic nitrogens is 2. The Hall–Kier alpha value is -3.00. The van der Waals surface area contributed by atoms with Crippen molar-refractivity contribution >= 4 is 11.6 Å². The predicted octanol–water partition coefficient (Wildman–Crippen LogP) is 4.14. The van der Waals surface area contributed by atoms with E-state index in [0.717, 1.165) is 36.4 Å². The highest BCUT2D eigenvalue weighted by Gasteiger charge is 2.36. The summed E-state index contributed by atoms with van der Waals surface area (Å²) in [5.74, 6) is -2.06. The first-order valence-electron chi connectivity index (χ1n) is 10.3. The highest BCUT2D eigenvalue weighted by molar-refractivity contribution is 6.00. The standard InChI is InChI=1S/C23H25F2N3O3/c1-4-5-14-10-15(13-30-3)28-8-6-16(21(28)26-14)22(29)27-23(2)7-9-31-20-12-19(25)18(24)11-17(20)23/h6,8,10-12H,4-5,7,9,13H2,1-3H3,(H,27,29). The SMILES string of the molecule is CCCc1cc(COC)n2ccc(C(=O)NC3(C)CCOc4cc(F)c(F)cc43)c2n1. The van der Waals surface area contributed by atoms with Gasteiger partial charge in [0.15, 0.2) is 11.6 Å². The van der Waals surface area contributed by atoms with Gasteiger partial charge in [-0.25, -0.2) is 13.8 Å². The van der Waals surface area contributed by atoms with Crippen LogP contribution in [0, 0.1) is 11.6 Å². The fourth-order valence-corrected chi connectivity index (χ4v) is 4.05. The van der Waals surface area contributed by atoms with Crippen molar-refractivity contribution in [1.82, 2.24) is 14.7 Å². The largest absolute Gasteiger partial charge is 0.493 e. The molecule has 8 heteroatoms. The summed E-state index contributed by atoms with van der Waals surface area (Å²) >= 11 is 0. The number of halogens is 2. The van der Waals surface area contributed by atoms with Crippen LogP contribution in [0.1, 0.15) is 54.0 Å². The van der Waals surface area contributed by atoms with E-state index < -0.39 is 17.2 Å². The molecule has 1 aliphatic heterocycles. The molecule has 0 aliphatic carbocycles. The second kappa shape index (κ2) is 8.26. The number of nitrogens with one attached hydrogen (secondary N) is 1. The lowest BCUT2D eigenvalue weighted by Gasteiger charge is -2.36. The first kappa shape index (κ1) is 21.2. The Morgan fingerprint density at radius 3 is 2.84 bits per heavy atom. The summed E-state index contributed by atoms with van der Waals surface area (Å²) in [6.45, 7) is 4.52. The fraction of sp³-hybridized carbons (Fsp3) is 0.391. The Balaban J connectivity index is 1.72. The maximum absolute atomic E-state index is 13.9. The second-order valence-corrected chi connectivity index (χ2v) is 7.99. The smallest absolute Gasteiger partial charge is 0.255 e. The number of amides is 1. The molecule has 31 heavy (non-hydrogen) atoms. The number of ether oxygens (including phenoxy) is 2. The van der Waals surface area contributed by atoms with E-state index in [1.807, 2.05) is 10.5 Å². The van der Waals surface area contributed by atoms with Gasteiger partial charge in [-0.2, -0.15) is 0 Å². The summed E-state index contributed by atoms with van der Waals surface area (Å²) in [6.07, 6.45) is 3.92. The first-order valence-corrected chi connectivity index (χ1v) is 10.3. The molecule has 164 valence electrons. The molecule has 2 aromatic heterocycles. The molecule has 0 radical (unpaired) electrons. The van der Waals surface area contributed by atoms with Gasteiger partial charge >= 0.3 is 0 Å². The average molecular weight is 429 g/mol. The van der Waals surface area contributed by atoms with Gasteiger partial charge in [0.25, 0.3) is 5.91 Å². The van der Waals surface area contributed by atoms with Gasteiger partial charge in [0.05, 0.1) is 30.0 Å². The topological polar surface area (TPSA) is 64.9 Å². The number of fused-ring (bicyclic) bond motifs is 2. The van der Waals surface area contributed by atoms with Gasteiger partial charge < -0.3 is 19.2 Å². The van der Waals surface area contributed by atoms with Crippen molar-refractivity contribution < 1.29 is 23.0 Å².